The molecule has 2 heterocycles. The Morgan fingerprint density at radius 1 is 1.26 bits per heavy atom. The van der Waals surface area contributed by atoms with E-state index in [9.17, 15) is 0 Å². The van der Waals surface area contributed by atoms with Crippen LogP contribution >= 0.6 is 11.6 Å². The molecular weight excluding hydrogens is 314 g/mol. The van der Waals surface area contributed by atoms with E-state index in [0.29, 0.717) is 28.1 Å². The van der Waals surface area contributed by atoms with Crippen LogP contribution in [0.25, 0.3) is 22.8 Å². The van der Waals surface area contributed by atoms with Gasteiger partial charge in [-0.05, 0) is 37.3 Å². The summed E-state index contributed by atoms with van der Waals surface area (Å²) in [6.45, 7) is 2.05. The summed E-state index contributed by atoms with van der Waals surface area (Å²) in [7, 11) is 0. The van der Waals surface area contributed by atoms with E-state index in [1.54, 1.807) is 24.4 Å². The van der Waals surface area contributed by atoms with Crippen molar-refractivity contribution in [3.05, 3.63) is 47.2 Å². The lowest BCUT2D eigenvalue weighted by Crippen LogP contribution is -1.94. The van der Waals surface area contributed by atoms with Gasteiger partial charge in [0.05, 0.1) is 5.02 Å². The SMILES string of the molecule is C#CCOc1cc(-c2nc(-c3ccc(C)nc3)no2)ccc1Cl. The summed E-state index contributed by atoms with van der Waals surface area (Å²) in [6.07, 6.45) is 6.89. The molecule has 0 aliphatic heterocycles. The maximum atomic E-state index is 6.07. The molecule has 2 aromatic heterocycles. The summed E-state index contributed by atoms with van der Waals surface area (Å²) >= 11 is 6.07. The van der Waals surface area contributed by atoms with Gasteiger partial charge in [-0.15, -0.1) is 6.42 Å². The van der Waals surface area contributed by atoms with E-state index in [-0.39, 0.29) is 6.61 Å². The van der Waals surface area contributed by atoms with E-state index in [1.807, 2.05) is 19.1 Å². The zero-order valence-corrected chi connectivity index (χ0v) is 13.0. The quantitative estimate of drug-likeness (QED) is 0.683. The predicted molar refractivity (Wildman–Crippen MR) is 87.0 cm³/mol. The van der Waals surface area contributed by atoms with Crippen molar-refractivity contribution < 1.29 is 9.26 Å². The van der Waals surface area contributed by atoms with Crippen LogP contribution in [0.5, 0.6) is 5.75 Å². The van der Waals surface area contributed by atoms with Crippen molar-refractivity contribution in [3.8, 4) is 40.9 Å². The summed E-state index contributed by atoms with van der Waals surface area (Å²) in [5, 5.41) is 4.44. The van der Waals surface area contributed by atoms with Gasteiger partial charge in [0.15, 0.2) is 0 Å². The van der Waals surface area contributed by atoms with E-state index in [0.717, 1.165) is 11.3 Å². The molecule has 0 radical (unpaired) electrons. The first kappa shape index (κ1) is 15.1. The lowest BCUT2D eigenvalue weighted by molar-refractivity contribution is 0.370. The number of benzene rings is 1. The highest BCUT2D eigenvalue weighted by Crippen LogP contribution is 2.30. The predicted octanol–water partition coefficient (Wildman–Crippen LogP) is 3.77. The monoisotopic (exact) mass is 325 g/mol. The molecule has 0 saturated carbocycles. The molecular formula is C17H12ClN3O2. The first-order valence-electron chi connectivity index (χ1n) is 6.80. The molecule has 1 aromatic carbocycles. The van der Waals surface area contributed by atoms with Crippen LogP contribution in [-0.2, 0) is 0 Å². The maximum Gasteiger partial charge on any atom is 0.258 e. The first-order chi connectivity index (χ1) is 11.2. The molecule has 3 rings (SSSR count). The highest BCUT2D eigenvalue weighted by Gasteiger charge is 2.13. The minimum Gasteiger partial charge on any atom is -0.479 e. The average Bonchev–Trinajstić information content (AvgIpc) is 3.05. The summed E-state index contributed by atoms with van der Waals surface area (Å²) < 4.78 is 10.7. The van der Waals surface area contributed by atoms with Crippen LogP contribution in [0, 0.1) is 19.3 Å². The second-order valence-electron chi connectivity index (χ2n) is 4.75. The van der Waals surface area contributed by atoms with Crippen LogP contribution in [0.3, 0.4) is 0 Å². The molecule has 0 amide bonds. The van der Waals surface area contributed by atoms with Crippen LogP contribution in [0.4, 0.5) is 0 Å². The van der Waals surface area contributed by atoms with Crippen molar-refractivity contribution in [2.24, 2.45) is 0 Å². The van der Waals surface area contributed by atoms with E-state index in [4.69, 9.17) is 27.3 Å². The number of pyridine rings is 1. The standard InChI is InChI=1S/C17H12ClN3O2/c1-3-8-22-15-9-12(6-7-14(15)18)17-20-16(21-23-17)13-5-4-11(2)19-10-13/h1,4-7,9-10H,8H2,2H3. The first-order valence-corrected chi connectivity index (χ1v) is 7.18. The van der Waals surface area contributed by atoms with Gasteiger partial charge in [0.25, 0.3) is 5.89 Å². The largest absolute Gasteiger partial charge is 0.479 e. The molecule has 0 aliphatic carbocycles. The molecule has 0 saturated heterocycles. The smallest absolute Gasteiger partial charge is 0.258 e. The zero-order chi connectivity index (χ0) is 16.2. The van der Waals surface area contributed by atoms with E-state index < -0.39 is 0 Å². The Kier molecular flexibility index (Phi) is 4.26. The summed E-state index contributed by atoms with van der Waals surface area (Å²) in [5.41, 5.74) is 2.40. The Morgan fingerprint density at radius 3 is 2.83 bits per heavy atom. The fourth-order valence-corrected chi connectivity index (χ4v) is 2.10. The molecule has 0 fully saturated rings. The summed E-state index contributed by atoms with van der Waals surface area (Å²) in [6, 6.07) is 8.96. The van der Waals surface area contributed by atoms with Gasteiger partial charge >= 0.3 is 0 Å². The van der Waals surface area contributed by atoms with Gasteiger partial charge in [0.2, 0.25) is 5.82 Å². The van der Waals surface area contributed by atoms with Gasteiger partial charge < -0.3 is 9.26 Å². The van der Waals surface area contributed by atoms with Crippen molar-refractivity contribution >= 4 is 11.6 Å². The minimum atomic E-state index is 0.132. The van der Waals surface area contributed by atoms with Crippen LogP contribution in [-0.4, -0.2) is 21.7 Å². The van der Waals surface area contributed by atoms with Crippen molar-refractivity contribution in [3.63, 3.8) is 0 Å². The second kappa shape index (κ2) is 6.51. The fourth-order valence-electron chi connectivity index (χ4n) is 1.92. The Bertz CT molecular complexity index is 866. The molecule has 0 spiro atoms. The highest BCUT2D eigenvalue weighted by atomic mass is 35.5. The maximum absolute atomic E-state index is 6.07. The molecule has 23 heavy (non-hydrogen) atoms. The van der Waals surface area contributed by atoms with Gasteiger partial charge in [-0.25, -0.2) is 0 Å². The van der Waals surface area contributed by atoms with Crippen LogP contribution in [0.15, 0.2) is 41.1 Å². The number of nitrogens with zero attached hydrogens (tertiary/aromatic N) is 3. The third kappa shape index (κ3) is 3.33. The van der Waals surface area contributed by atoms with Crippen molar-refractivity contribution in [1.82, 2.24) is 15.1 Å². The summed E-state index contributed by atoms with van der Waals surface area (Å²) in [4.78, 5) is 8.59. The lowest BCUT2D eigenvalue weighted by atomic mass is 10.2. The van der Waals surface area contributed by atoms with Crippen molar-refractivity contribution in [2.45, 2.75) is 6.92 Å². The van der Waals surface area contributed by atoms with Crippen molar-refractivity contribution in [2.75, 3.05) is 6.61 Å². The van der Waals surface area contributed by atoms with Crippen LogP contribution in [0.1, 0.15) is 5.69 Å². The molecule has 3 aromatic rings. The van der Waals surface area contributed by atoms with Gasteiger partial charge in [0.1, 0.15) is 12.4 Å². The number of rotatable bonds is 4. The lowest BCUT2D eigenvalue weighted by Gasteiger charge is -2.05. The molecule has 6 heteroatoms. The molecule has 0 N–H and O–H groups in total. The van der Waals surface area contributed by atoms with Crippen LogP contribution in [0.2, 0.25) is 5.02 Å². The average molecular weight is 326 g/mol. The molecule has 114 valence electrons. The number of hydrogen-bond donors (Lipinski definition) is 0. The third-order valence-electron chi connectivity index (χ3n) is 3.08. The fraction of sp³-hybridized carbons (Fsp3) is 0.118. The van der Waals surface area contributed by atoms with Gasteiger partial charge in [-0.1, -0.05) is 22.7 Å². The number of ether oxygens (including phenoxy) is 1. The molecule has 5 nitrogen and oxygen atoms in total. The van der Waals surface area contributed by atoms with E-state index in [2.05, 4.69) is 21.0 Å². The number of aromatic nitrogens is 3. The van der Waals surface area contributed by atoms with Crippen molar-refractivity contribution in [1.29, 1.82) is 0 Å². The Labute approximate surface area is 138 Å². The molecule has 0 atom stereocenters. The summed E-state index contributed by atoms with van der Waals surface area (Å²) in [5.74, 6) is 3.69. The Balaban J connectivity index is 1.91. The van der Waals surface area contributed by atoms with Gasteiger partial charge in [-0.2, -0.15) is 4.98 Å². The number of halogens is 1. The number of aryl methyl sites for hydroxylation is 1. The molecule has 0 aliphatic rings. The molecule has 0 unspecified atom stereocenters. The zero-order valence-electron chi connectivity index (χ0n) is 12.3. The number of terminal acetylenes is 1. The van der Waals surface area contributed by atoms with Gasteiger partial charge in [0, 0.05) is 23.0 Å². The minimum absolute atomic E-state index is 0.132. The second-order valence-corrected chi connectivity index (χ2v) is 5.16. The third-order valence-corrected chi connectivity index (χ3v) is 3.40. The van der Waals surface area contributed by atoms with E-state index >= 15 is 0 Å². The Hall–Kier alpha value is -2.84. The van der Waals surface area contributed by atoms with E-state index in [1.165, 1.54) is 0 Å². The van der Waals surface area contributed by atoms with Gasteiger partial charge in [-0.3, -0.25) is 4.98 Å². The molecule has 0 bridgehead atoms. The highest BCUT2D eigenvalue weighted by molar-refractivity contribution is 6.32. The Morgan fingerprint density at radius 2 is 2.09 bits per heavy atom. The number of hydrogen-bond acceptors (Lipinski definition) is 5. The topological polar surface area (TPSA) is 61.0 Å². The van der Waals surface area contributed by atoms with Crippen LogP contribution < -0.4 is 4.74 Å². The normalized spacial score (nSPS) is 10.3.